The SMILES string of the molecule is Cc1cc(C)cc(N(CC(=O)NCCCSc2ccc(Cl)cc2)S(=O)(=O)c2ccccc2)c1. The first-order valence-electron chi connectivity index (χ1n) is 10.6. The average molecular weight is 503 g/mol. The minimum Gasteiger partial charge on any atom is -0.354 e. The van der Waals surface area contributed by atoms with Gasteiger partial charge in [-0.05, 0) is 85.7 Å². The maximum atomic E-state index is 13.4. The number of sulfonamides is 1. The predicted molar refractivity (Wildman–Crippen MR) is 137 cm³/mol. The molecule has 174 valence electrons. The van der Waals surface area contributed by atoms with Crippen molar-refractivity contribution in [3.05, 3.63) is 88.9 Å². The van der Waals surface area contributed by atoms with Crippen LogP contribution in [-0.4, -0.2) is 33.2 Å². The first-order chi connectivity index (χ1) is 15.8. The van der Waals surface area contributed by atoms with Crippen molar-refractivity contribution in [1.29, 1.82) is 0 Å². The summed E-state index contributed by atoms with van der Waals surface area (Å²) in [6.07, 6.45) is 0.758. The van der Waals surface area contributed by atoms with Gasteiger partial charge in [-0.2, -0.15) is 0 Å². The molecule has 1 amide bonds. The van der Waals surface area contributed by atoms with Crippen molar-refractivity contribution < 1.29 is 13.2 Å². The highest BCUT2D eigenvalue weighted by atomic mass is 35.5. The molecule has 0 aliphatic heterocycles. The van der Waals surface area contributed by atoms with E-state index < -0.39 is 10.0 Å². The molecule has 3 aromatic carbocycles. The van der Waals surface area contributed by atoms with Crippen LogP contribution in [0.1, 0.15) is 17.5 Å². The number of thioether (sulfide) groups is 1. The van der Waals surface area contributed by atoms with Gasteiger partial charge in [0.25, 0.3) is 10.0 Å². The van der Waals surface area contributed by atoms with Crippen molar-refractivity contribution in [3.63, 3.8) is 0 Å². The molecule has 0 spiro atoms. The van der Waals surface area contributed by atoms with Crippen LogP contribution in [0.3, 0.4) is 0 Å². The molecular formula is C25H27ClN2O3S2. The number of hydrogen-bond acceptors (Lipinski definition) is 4. The van der Waals surface area contributed by atoms with Crippen LogP contribution >= 0.6 is 23.4 Å². The Hall–Kier alpha value is -2.48. The largest absolute Gasteiger partial charge is 0.354 e. The molecule has 5 nitrogen and oxygen atoms in total. The summed E-state index contributed by atoms with van der Waals surface area (Å²) in [6, 6.07) is 21.3. The van der Waals surface area contributed by atoms with Crippen LogP contribution in [0.2, 0.25) is 5.02 Å². The molecule has 33 heavy (non-hydrogen) atoms. The summed E-state index contributed by atoms with van der Waals surface area (Å²) >= 11 is 7.58. The maximum Gasteiger partial charge on any atom is 0.264 e. The summed E-state index contributed by atoms with van der Waals surface area (Å²) in [5.41, 5.74) is 2.33. The number of aryl methyl sites for hydroxylation is 2. The lowest BCUT2D eigenvalue weighted by Crippen LogP contribution is -2.41. The van der Waals surface area contributed by atoms with Crippen molar-refractivity contribution in [3.8, 4) is 0 Å². The number of nitrogens with one attached hydrogen (secondary N) is 1. The monoisotopic (exact) mass is 502 g/mol. The van der Waals surface area contributed by atoms with E-state index in [0.717, 1.165) is 28.2 Å². The Morgan fingerprint density at radius 3 is 2.24 bits per heavy atom. The number of anilines is 1. The third kappa shape index (κ3) is 7.25. The van der Waals surface area contributed by atoms with Crippen LogP contribution in [0.15, 0.2) is 82.6 Å². The summed E-state index contributed by atoms with van der Waals surface area (Å²) < 4.78 is 27.9. The van der Waals surface area contributed by atoms with E-state index in [9.17, 15) is 13.2 Å². The van der Waals surface area contributed by atoms with Crippen molar-refractivity contribution >= 4 is 45.0 Å². The highest BCUT2D eigenvalue weighted by Crippen LogP contribution is 2.26. The van der Waals surface area contributed by atoms with Crippen molar-refractivity contribution in [1.82, 2.24) is 5.32 Å². The van der Waals surface area contributed by atoms with Crippen LogP contribution in [0, 0.1) is 13.8 Å². The van der Waals surface area contributed by atoms with Gasteiger partial charge in [0.2, 0.25) is 5.91 Å². The van der Waals surface area contributed by atoms with Gasteiger partial charge in [0.1, 0.15) is 6.54 Å². The van der Waals surface area contributed by atoms with Crippen LogP contribution in [-0.2, 0) is 14.8 Å². The minimum atomic E-state index is -3.90. The molecule has 0 heterocycles. The Morgan fingerprint density at radius 1 is 0.970 bits per heavy atom. The minimum absolute atomic E-state index is 0.149. The van der Waals surface area contributed by atoms with E-state index in [2.05, 4.69) is 5.32 Å². The summed E-state index contributed by atoms with van der Waals surface area (Å²) in [6.45, 7) is 3.99. The Morgan fingerprint density at radius 2 is 1.61 bits per heavy atom. The number of benzene rings is 3. The normalized spacial score (nSPS) is 11.2. The van der Waals surface area contributed by atoms with E-state index in [0.29, 0.717) is 17.3 Å². The molecule has 3 rings (SSSR count). The lowest BCUT2D eigenvalue weighted by molar-refractivity contribution is -0.119. The van der Waals surface area contributed by atoms with Gasteiger partial charge in [0, 0.05) is 16.5 Å². The van der Waals surface area contributed by atoms with Crippen molar-refractivity contribution in [2.24, 2.45) is 0 Å². The second-order valence-corrected chi connectivity index (χ2v) is 11.1. The van der Waals surface area contributed by atoms with E-state index in [1.807, 2.05) is 44.2 Å². The number of halogens is 1. The molecule has 8 heteroatoms. The molecule has 0 aliphatic carbocycles. The Kier molecular flexibility index (Phi) is 8.83. The first kappa shape index (κ1) is 25.1. The topological polar surface area (TPSA) is 66.5 Å². The third-order valence-corrected chi connectivity index (χ3v) is 7.98. The average Bonchev–Trinajstić information content (AvgIpc) is 2.78. The van der Waals surface area contributed by atoms with E-state index in [1.54, 1.807) is 42.1 Å². The highest BCUT2D eigenvalue weighted by Gasteiger charge is 2.27. The van der Waals surface area contributed by atoms with Crippen molar-refractivity contribution in [2.75, 3.05) is 23.1 Å². The van der Waals surface area contributed by atoms with Crippen LogP contribution in [0.4, 0.5) is 5.69 Å². The molecule has 0 saturated heterocycles. The summed E-state index contributed by atoms with van der Waals surface area (Å²) in [4.78, 5) is 14.0. The molecule has 0 saturated carbocycles. The Balaban J connectivity index is 1.65. The number of rotatable bonds is 10. The van der Waals surface area contributed by atoms with Crippen LogP contribution in [0.5, 0.6) is 0 Å². The molecule has 0 fully saturated rings. The van der Waals surface area contributed by atoms with Crippen LogP contribution < -0.4 is 9.62 Å². The zero-order chi connectivity index (χ0) is 23.8. The predicted octanol–water partition coefficient (Wildman–Crippen LogP) is 5.45. The standard InChI is InChI=1S/C25H27ClN2O3S2/c1-19-15-20(2)17-22(16-19)28(33(30,31)24-7-4-3-5-8-24)18-25(29)27-13-6-14-32-23-11-9-21(26)10-12-23/h3-5,7-12,15-17H,6,13-14,18H2,1-2H3,(H,27,29). The van der Waals surface area contributed by atoms with E-state index in [-0.39, 0.29) is 17.3 Å². The fourth-order valence-corrected chi connectivity index (χ4v) is 5.74. The molecule has 3 aromatic rings. The molecule has 0 radical (unpaired) electrons. The fourth-order valence-electron chi connectivity index (χ4n) is 3.34. The van der Waals surface area contributed by atoms with Gasteiger partial charge in [0.05, 0.1) is 10.6 Å². The molecular weight excluding hydrogens is 476 g/mol. The number of hydrogen-bond donors (Lipinski definition) is 1. The number of nitrogens with zero attached hydrogens (tertiary/aromatic N) is 1. The van der Waals surface area contributed by atoms with Gasteiger partial charge >= 0.3 is 0 Å². The summed E-state index contributed by atoms with van der Waals surface area (Å²) in [5.74, 6) is 0.482. The zero-order valence-electron chi connectivity index (χ0n) is 18.6. The van der Waals surface area contributed by atoms with Gasteiger partial charge in [-0.3, -0.25) is 9.10 Å². The molecule has 0 atom stereocenters. The first-order valence-corrected chi connectivity index (χ1v) is 13.4. The number of carbonyl (C=O) groups excluding carboxylic acids is 1. The lowest BCUT2D eigenvalue weighted by atomic mass is 10.1. The van der Waals surface area contributed by atoms with E-state index in [1.165, 1.54) is 16.4 Å². The quantitative estimate of drug-likeness (QED) is 0.295. The molecule has 0 aromatic heterocycles. The second-order valence-electron chi connectivity index (χ2n) is 7.68. The number of amides is 1. The van der Waals surface area contributed by atoms with E-state index in [4.69, 9.17) is 11.6 Å². The highest BCUT2D eigenvalue weighted by molar-refractivity contribution is 7.99. The second kappa shape index (κ2) is 11.6. The molecule has 0 aliphatic rings. The molecule has 0 bridgehead atoms. The lowest BCUT2D eigenvalue weighted by Gasteiger charge is -2.25. The van der Waals surface area contributed by atoms with Gasteiger partial charge in [-0.25, -0.2) is 8.42 Å². The van der Waals surface area contributed by atoms with E-state index >= 15 is 0 Å². The zero-order valence-corrected chi connectivity index (χ0v) is 21.0. The summed E-state index contributed by atoms with van der Waals surface area (Å²) in [7, 11) is -3.90. The fraction of sp³-hybridized carbons (Fsp3) is 0.240. The van der Waals surface area contributed by atoms with Gasteiger partial charge < -0.3 is 5.32 Å². The molecule has 1 N–H and O–H groups in total. The number of carbonyl (C=O) groups is 1. The smallest absolute Gasteiger partial charge is 0.264 e. The van der Waals surface area contributed by atoms with Gasteiger partial charge in [-0.1, -0.05) is 35.9 Å². The Labute approximate surface area is 205 Å². The molecule has 0 unspecified atom stereocenters. The maximum absolute atomic E-state index is 13.4. The summed E-state index contributed by atoms with van der Waals surface area (Å²) in [5, 5.41) is 3.55. The van der Waals surface area contributed by atoms with Gasteiger partial charge in [0.15, 0.2) is 0 Å². The van der Waals surface area contributed by atoms with Crippen LogP contribution in [0.25, 0.3) is 0 Å². The van der Waals surface area contributed by atoms with Crippen molar-refractivity contribution in [2.45, 2.75) is 30.1 Å². The van der Waals surface area contributed by atoms with Gasteiger partial charge in [-0.15, -0.1) is 11.8 Å². The Bertz CT molecular complexity index is 1160. The third-order valence-electron chi connectivity index (χ3n) is 4.84.